The number of carbonyl (C=O) groups is 1. The van der Waals surface area contributed by atoms with Gasteiger partial charge >= 0.3 is 0 Å². The number of amides is 1. The molecule has 1 amide bonds. The molecule has 2 aliphatic rings. The molecule has 2 aliphatic heterocycles. The number of benzene rings is 1. The number of fused-ring (bicyclic) bond motifs is 1. The Balaban J connectivity index is 1.64. The van der Waals surface area contributed by atoms with E-state index in [1.54, 1.807) is 18.2 Å². The smallest absolute Gasteiger partial charge is 0.270 e. The van der Waals surface area contributed by atoms with Gasteiger partial charge in [-0.2, -0.15) is 0 Å². The van der Waals surface area contributed by atoms with Gasteiger partial charge in [-0.15, -0.1) is 0 Å². The Morgan fingerprint density at radius 1 is 1.33 bits per heavy atom. The SMILES string of the molecule is O=C(/C=C/c1cccc([N+](=O)[O-])c1)N1C[C@H]2CNC[C@H]2C1. The van der Waals surface area contributed by atoms with E-state index < -0.39 is 4.92 Å². The van der Waals surface area contributed by atoms with Crippen LogP contribution in [0.15, 0.2) is 30.3 Å². The Kier molecular flexibility index (Phi) is 3.70. The number of nitro benzene ring substituents is 1. The first-order chi connectivity index (χ1) is 10.1. The maximum absolute atomic E-state index is 12.2. The molecular weight excluding hydrogens is 270 g/mol. The Labute approximate surface area is 122 Å². The van der Waals surface area contributed by atoms with Gasteiger partial charge < -0.3 is 10.2 Å². The van der Waals surface area contributed by atoms with E-state index in [9.17, 15) is 14.9 Å². The first-order valence-corrected chi connectivity index (χ1v) is 7.05. The summed E-state index contributed by atoms with van der Waals surface area (Å²) >= 11 is 0. The van der Waals surface area contributed by atoms with Gasteiger partial charge in [-0.05, 0) is 23.5 Å². The third-order valence-electron chi connectivity index (χ3n) is 4.20. The summed E-state index contributed by atoms with van der Waals surface area (Å²) in [4.78, 5) is 24.3. The number of carbonyl (C=O) groups excluding carboxylic acids is 1. The van der Waals surface area contributed by atoms with Crippen LogP contribution in [-0.2, 0) is 4.79 Å². The van der Waals surface area contributed by atoms with E-state index in [0.29, 0.717) is 17.4 Å². The number of likely N-dealkylation sites (tertiary alicyclic amines) is 1. The zero-order valence-corrected chi connectivity index (χ0v) is 11.6. The fourth-order valence-electron chi connectivity index (χ4n) is 3.05. The van der Waals surface area contributed by atoms with Gasteiger partial charge in [0.1, 0.15) is 0 Å². The topological polar surface area (TPSA) is 75.5 Å². The van der Waals surface area contributed by atoms with E-state index in [1.165, 1.54) is 18.2 Å². The predicted octanol–water partition coefficient (Wildman–Crippen LogP) is 1.29. The van der Waals surface area contributed by atoms with E-state index >= 15 is 0 Å². The van der Waals surface area contributed by atoms with Crippen LogP contribution in [0.2, 0.25) is 0 Å². The number of non-ortho nitro benzene ring substituents is 1. The quantitative estimate of drug-likeness (QED) is 0.516. The Morgan fingerprint density at radius 2 is 2.05 bits per heavy atom. The van der Waals surface area contributed by atoms with Crippen LogP contribution in [0.3, 0.4) is 0 Å². The maximum atomic E-state index is 12.2. The molecule has 1 N–H and O–H groups in total. The predicted molar refractivity (Wildman–Crippen MR) is 78.6 cm³/mol. The molecular formula is C15H17N3O3. The fraction of sp³-hybridized carbons (Fsp3) is 0.400. The molecule has 110 valence electrons. The second kappa shape index (κ2) is 5.65. The molecule has 1 aromatic carbocycles. The van der Waals surface area contributed by atoms with Crippen molar-refractivity contribution in [3.8, 4) is 0 Å². The molecule has 0 unspecified atom stereocenters. The molecule has 0 bridgehead atoms. The van der Waals surface area contributed by atoms with E-state index in [2.05, 4.69) is 5.32 Å². The van der Waals surface area contributed by atoms with Gasteiger partial charge in [0.15, 0.2) is 0 Å². The molecule has 2 atom stereocenters. The van der Waals surface area contributed by atoms with Crippen LogP contribution in [0.4, 0.5) is 5.69 Å². The highest BCUT2D eigenvalue weighted by Gasteiger charge is 2.37. The Morgan fingerprint density at radius 3 is 2.71 bits per heavy atom. The normalized spacial score (nSPS) is 24.5. The first-order valence-electron chi connectivity index (χ1n) is 7.05. The van der Waals surface area contributed by atoms with Crippen LogP contribution >= 0.6 is 0 Å². The van der Waals surface area contributed by atoms with Crippen molar-refractivity contribution >= 4 is 17.7 Å². The van der Waals surface area contributed by atoms with Gasteiger partial charge in [0.05, 0.1) is 4.92 Å². The van der Waals surface area contributed by atoms with Crippen molar-refractivity contribution in [3.63, 3.8) is 0 Å². The van der Waals surface area contributed by atoms with Crippen LogP contribution in [0.5, 0.6) is 0 Å². The van der Waals surface area contributed by atoms with Crippen LogP contribution in [0.1, 0.15) is 5.56 Å². The summed E-state index contributed by atoms with van der Waals surface area (Å²) in [6.07, 6.45) is 3.15. The molecule has 0 saturated carbocycles. The monoisotopic (exact) mass is 287 g/mol. The number of nitrogens with zero attached hydrogens (tertiary/aromatic N) is 2. The third-order valence-corrected chi connectivity index (χ3v) is 4.20. The molecule has 1 aromatic rings. The summed E-state index contributed by atoms with van der Waals surface area (Å²) in [7, 11) is 0. The maximum Gasteiger partial charge on any atom is 0.270 e. The van der Waals surface area contributed by atoms with Crippen LogP contribution < -0.4 is 5.32 Å². The zero-order valence-electron chi connectivity index (χ0n) is 11.6. The highest BCUT2D eigenvalue weighted by molar-refractivity contribution is 5.92. The van der Waals surface area contributed by atoms with Crippen molar-refractivity contribution < 1.29 is 9.72 Å². The number of nitrogens with one attached hydrogen (secondary N) is 1. The lowest BCUT2D eigenvalue weighted by Gasteiger charge is -2.14. The second-order valence-corrected chi connectivity index (χ2v) is 5.61. The van der Waals surface area contributed by atoms with Gasteiger partial charge in [-0.25, -0.2) is 0 Å². The molecule has 0 spiro atoms. The molecule has 0 radical (unpaired) electrons. The molecule has 6 nitrogen and oxygen atoms in total. The zero-order chi connectivity index (χ0) is 14.8. The Hall–Kier alpha value is -2.21. The number of nitro groups is 1. The summed E-state index contributed by atoms with van der Waals surface area (Å²) in [5.41, 5.74) is 0.699. The number of hydrogen-bond donors (Lipinski definition) is 1. The minimum absolute atomic E-state index is 0.0177. The first kappa shape index (κ1) is 13.8. The summed E-state index contributed by atoms with van der Waals surface area (Å²) < 4.78 is 0. The molecule has 21 heavy (non-hydrogen) atoms. The van der Waals surface area contributed by atoms with Gasteiger partial charge in [0.2, 0.25) is 5.91 Å². The highest BCUT2D eigenvalue weighted by atomic mass is 16.6. The molecule has 3 rings (SSSR count). The lowest BCUT2D eigenvalue weighted by molar-refractivity contribution is -0.384. The van der Waals surface area contributed by atoms with Crippen molar-refractivity contribution in [3.05, 3.63) is 46.0 Å². The Bertz CT molecular complexity index is 588. The standard InChI is InChI=1S/C15H17N3O3/c19-15(17-9-12-7-16-8-13(12)10-17)5-4-11-2-1-3-14(6-11)18(20)21/h1-6,12-13,16H,7-10H2/b5-4+/t12-,13+. The molecule has 2 fully saturated rings. The summed E-state index contributed by atoms with van der Waals surface area (Å²) in [6, 6.07) is 6.27. The van der Waals surface area contributed by atoms with Gasteiger partial charge in [-0.3, -0.25) is 14.9 Å². The minimum Gasteiger partial charge on any atom is -0.338 e. The second-order valence-electron chi connectivity index (χ2n) is 5.61. The molecule has 6 heteroatoms. The lowest BCUT2D eigenvalue weighted by atomic mass is 10.0. The van der Waals surface area contributed by atoms with Crippen LogP contribution in [0, 0.1) is 22.0 Å². The van der Waals surface area contributed by atoms with Crippen molar-refractivity contribution in [2.24, 2.45) is 11.8 Å². The summed E-state index contributed by atoms with van der Waals surface area (Å²) in [6.45, 7) is 3.58. The van der Waals surface area contributed by atoms with E-state index in [0.717, 1.165) is 26.2 Å². The highest BCUT2D eigenvalue weighted by Crippen LogP contribution is 2.26. The summed E-state index contributed by atoms with van der Waals surface area (Å²) in [5, 5.41) is 14.1. The van der Waals surface area contributed by atoms with Gasteiger partial charge in [0.25, 0.3) is 5.69 Å². The third kappa shape index (κ3) is 2.95. The minimum atomic E-state index is -0.437. The number of hydrogen-bond acceptors (Lipinski definition) is 4. The summed E-state index contributed by atoms with van der Waals surface area (Å²) in [5.74, 6) is 1.12. The van der Waals surface area contributed by atoms with E-state index in [4.69, 9.17) is 0 Å². The molecule has 2 heterocycles. The van der Waals surface area contributed by atoms with Crippen molar-refractivity contribution in [2.45, 2.75) is 0 Å². The van der Waals surface area contributed by atoms with Crippen LogP contribution in [-0.4, -0.2) is 41.9 Å². The van der Waals surface area contributed by atoms with E-state index in [1.807, 2.05) is 4.90 Å². The lowest BCUT2D eigenvalue weighted by Crippen LogP contribution is -2.30. The average Bonchev–Trinajstić information content (AvgIpc) is 3.06. The van der Waals surface area contributed by atoms with Gasteiger partial charge in [-0.1, -0.05) is 12.1 Å². The molecule has 0 aromatic heterocycles. The van der Waals surface area contributed by atoms with Crippen molar-refractivity contribution in [1.29, 1.82) is 0 Å². The van der Waals surface area contributed by atoms with E-state index in [-0.39, 0.29) is 11.6 Å². The van der Waals surface area contributed by atoms with Crippen molar-refractivity contribution in [2.75, 3.05) is 26.2 Å². The van der Waals surface area contributed by atoms with Gasteiger partial charge in [0, 0.05) is 44.4 Å². The fourth-order valence-corrected chi connectivity index (χ4v) is 3.05. The largest absolute Gasteiger partial charge is 0.338 e. The van der Waals surface area contributed by atoms with Crippen LogP contribution in [0.25, 0.3) is 6.08 Å². The van der Waals surface area contributed by atoms with Crippen molar-refractivity contribution in [1.82, 2.24) is 10.2 Å². The number of rotatable bonds is 3. The average molecular weight is 287 g/mol. The molecule has 0 aliphatic carbocycles. The molecule has 2 saturated heterocycles.